The van der Waals surface area contributed by atoms with Gasteiger partial charge in [-0.15, -0.1) is 0 Å². The molecule has 0 radical (unpaired) electrons. The fraction of sp³-hybridized carbons (Fsp3) is 1.00. The van der Waals surface area contributed by atoms with Gasteiger partial charge in [-0.1, -0.05) is 20.8 Å². The molecule has 1 fully saturated rings. The lowest BCUT2D eigenvalue weighted by Gasteiger charge is -2.38. The predicted octanol–water partition coefficient (Wildman–Crippen LogP) is 2.40. The van der Waals surface area contributed by atoms with Crippen molar-refractivity contribution >= 4 is 8.32 Å². The molecule has 1 heterocycles. The van der Waals surface area contributed by atoms with Crippen LogP contribution in [0.2, 0.25) is 18.1 Å². The van der Waals surface area contributed by atoms with E-state index in [1.165, 1.54) is 0 Å². The van der Waals surface area contributed by atoms with Gasteiger partial charge in [0.2, 0.25) is 0 Å². The third-order valence-corrected chi connectivity index (χ3v) is 8.03. The zero-order valence-electron chi connectivity index (χ0n) is 10.8. The van der Waals surface area contributed by atoms with Crippen LogP contribution < -0.4 is 0 Å². The Morgan fingerprint density at radius 2 is 1.94 bits per heavy atom. The first-order valence-corrected chi connectivity index (χ1v) is 8.44. The molecule has 1 aliphatic rings. The van der Waals surface area contributed by atoms with E-state index >= 15 is 0 Å². The molecular weight excluding hydrogens is 226 g/mol. The van der Waals surface area contributed by atoms with E-state index in [-0.39, 0.29) is 17.2 Å². The molecule has 0 spiro atoms. The molecule has 16 heavy (non-hydrogen) atoms. The second-order valence-electron chi connectivity index (χ2n) is 5.86. The highest BCUT2D eigenvalue weighted by molar-refractivity contribution is 6.74. The summed E-state index contributed by atoms with van der Waals surface area (Å²) in [7, 11) is -1.86. The Bertz CT molecular complexity index is 287. The van der Waals surface area contributed by atoms with Crippen molar-refractivity contribution in [1.29, 1.82) is 0 Å². The SMILES string of the molecule is C[C@H](O[Si](C)(C)C(C)(C)C)[C@@H]1O[C@H]1[N+](=O)[O-]. The van der Waals surface area contributed by atoms with Crippen molar-refractivity contribution < 1.29 is 14.1 Å². The van der Waals surface area contributed by atoms with Crippen LogP contribution in [-0.2, 0) is 9.16 Å². The molecule has 1 rings (SSSR count). The Morgan fingerprint density at radius 1 is 1.44 bits per heavy atom. The summed E-state index contributed by atoms with van der Waals surface area (Å²) in [6, 6.07) is 0. The number of rotatable bonds is 4. The normalized spacial score (nSPS) is 27.6. The number of nitro groups is 1. The summed E-state index contributed by atoms with van der Waals surface area (Å²) in [5, 5.41) is 10.6. The van der Waals surface area contributed by atoms with Crippen LogP contribution in [0, 0.1) is 10.1 Å². The van der Waals surface area contributed by atoms with E-state index in [0.29, 0.717) is 0 Å². The highest BCUT2D eigenvalue weighted by Crippen LogP contribution is 2.39. The smallest absolute Gasteiger partial charge is 0.345 e. The van der Waals surface area contributed by atoms with Crippen molar-refractivity contribution in [3.63, 3.8) is 0 Å². The molecule has 3 atom stereocenters. The zero-order valence-corrected chi connectivity index (χ0v) is 11.8. The molecule has 0 unspecified atom stereocenters. The first kappa shape index (κ1) is 13.6. The number of epoxide rings is 1. The van der Waals surface area contributed by atoms with Crippen molar-refractivity contribution in [2.45, 2.75) is 64.3 Å². The Labute approximate surface area is 97.4 Å². The lowest BCUT2D eigenvalue weighted by molar-refractivity contribution is -0.516. The van der Waals surface area contributed by atoms with Crippen LogP contribution in [0.3, 0.4) is 0 Å². The molecule has 1 aliphatic heterocycles. The molecule has 0 aromatic heterocycles. The molecule has 94 valence electrons. The van der Waals surface area contributed by atoms with Crippen LogP contribution >= 0.6 is 0 Å². The summed E-state index contributed by atoms with van der Waals surface area (Å²) < 4.78 is 11.0. The molecule has 0 aromatic carbocycles. The van der Waals surface area contributed by atoms with Gasteiger partial charge in [0, 0.05) is 0 Å². The molecule has 5 nitrogen and oxygen atoms in total. The fourth-order valence-corrected chi connectivity index (χ4v) is 2.75. The Balaban J connectivity index is 2.53. The van der Waals surface area contributed by atoms with E-state index < -0.39 is 19.5 Å². The van der Waals surface area contributed by atoms with Gasteiger partial charge in [0.05, 0.1) is 11.0 Å². The molecule has 0 N–H and O–H groups in total. The first-order valence-electron chi connectivity index (χ1n) is 5.53. The Morgan fingerprint density at radius 3 is 2.25 bits per heavy atom. The number of hydrogen-bond donors (Lipinski definition) is 0. The summed E-state index contributed by atoms with van der Waals surface area (Å²) in [6.45, 7) is 12.6. The Hall–Kier alpha value is -0.463. The number of hydrogen-bond acceptors (Lipinski definition) is 4. The molecule has 0 saturated carbocycles. The predicted molar refractivity (Wildman–Crippen MR) is 63.4 cm³/mol. The van der Waals surface area contributed by atoms with Crippen molar-refractivity contribution in [3.05, 3.63) is 10.1 Å². The van der Waals surface area contributed by atoms with Gasteiger partial charge in [0.15, 0.2) is 14.4 Å². The topological polar surface area (TPSA) is 64.9 Å². The summed E-state index contributed by atoms with van der Waals surface area (Å²) in [5.74, 6) is 0. The van der Waals surface area contributed by atoms with E-state index in [4.69, 9.17) is 9.16 Å². The maximum atomic E-state index is 10.5. The minimum absolute atomic E-state index is 0.111. The second-order valence-corrected chi connectivity index (χ2v) is 10.6. The van der Waals surface area contributed by atoms with Gasteiger partial charge in [0.25, 0.3) is 0 Å². The van der Waals surface area contributed by atoms with Crippen LogP contribution in [0.15, 0.2) is 0 Å². The monoisotopic (exact) mass is 247 g/mol. The highest BCUT2D eigenvalue weighted by Gasteiger charge is 2.55. The average Bonchev–Trinajstić information content (AvgIpc) is 2.78. The van der Waals surface area contributed by atoms with Gasteiger partial charge in [-0.3, -0.25) is 14.9 Å². The standard InChI is InChI=1S/C10H21NO4Si/c1-7(8-9(14-8)11(12)13)15-16(5,6)10(2,3)4/h7-9H,1-6H3/t7-,8-,9+/m0/s1. The molecule has 1 saturated heterocycles. The van der Waals surface area contributed by atoms with Gasteiger partial charge >= 0.3 is 6.23 Å². The third-order valence-electron chi connectivity index (χ3n) is 3.46. The minimum Gasteiger partial charge on any atom is -0.411 e. The van der Waals surface area contributed by atoms with Crippen molar-refractivity contribution in [3.8, 4) is 0 Å². The summed E-state index contributed by atoms with van der Waals surface area (Å²) >= 11 is 0. The highest BCUT2D eigenvalue weighted by atomic mass is 28.4. The van der Waals surface area contributed by atoms with Crippen LogP contribution in [0.5, 0.6) is 0 Å². The molecular formula is C10H21NO4Si. The van der Waals surface area contributed by atoms with E-state index in [9.17, 15) is 10.1 Å². The molecule has 0 bridgehead atoms. The van der Waals surface area contributed by atoms with Crippen LogP contribution in [0.25, 0.3) is 0 Å². The van der Waals surface area contributed by atoms with E-state index in [1.54, 1.807) is 0 Å². The lowest BCUT2D eigenvalue weighted by Crippen LogP contribution is -2.44. The molecule has 0 amide bonds. The largest absolute Gasteiger partial charge is 0.411 e. The summed E-state index contributed by atoms with van der Waals surface area (Å²) in [4.78, 5) is 10.1. The average molecular weight is 247 g/mol. The third kappa shape index (κ3) is 2.81. The maximum Gasteiger partial charge on any atom is 0.345 e. The summed E-state index contributed by atoms with van der Waals surface area (Å²) in [6.07, 6.45) is -1.43. The van der Waals surface area contributed by atoms with E-state index in [2.05, 4.69) is 33.9 Å². The molecule has 0 aliphatic carbocycles. The van der Waals surface area contributed by atoms with E-state index in [0.717, 1.165) is 0 Å². The van der Waals surface area contributed by atoms with Crippen LogP contribution in [-0.4, -0.2) is 31.7 Å². The quantitative estimate of drug-likeness (QED) is 0.331. The number of nitrogens with zero attached hydrogens (tertiary/aromatic N) is 1. The second kappa shape index (κ2) is 4.08. The van der Waals surface area contributed by atoms with Crippen molar-refractivity contribution in [2.24, 2.45) is 0 Å². The molecule has 0 aromatic rings. The first-order chi connectivity index (χ1) is 7.06. The van der Waals surface area contributed by atoms with Crippen molar-refractivity contribution in [1.82, 2.24) is 0 Å². The lowest BCUT2D eigenvalue weighted by atomic mass is 10.2. The van der Waals surface area contributed by atoms with Gasteiger partial charge < -0.3 is 4.43 Å². The van der Waals surface area contributed by atoms with E-state index in [1.807, 2.05) is 6.92 Å². The van der Waals surface area contributed by atoms with Gasteiger partial charge in [-0.05, 0) is 25.1 Å². The fourth-order valence-electron chi connectivity index (χ4n) is 1.34. The van der Waals surface area contributed by atoms with Gasteiger partial charge in [-0.2, -0.15) is 0 Å². The molecule has 6 heteroatoms. The summed E-state index contributed by atoms with van der Waals surface area (Å²) in [5.41, 5.74) is 0. The van der Waals surface area contributed by atoms with Crippen LogP contribution in [0.4, 0.5) is 0 Å². The number of ether oxygens (including phenoxy) is 1. The minimum atomic E-state index is -1.86. The Kier molecular flexibility index (Phi) is 3.47. The van der Waals surface area contributed by atoms with Crippen LogP contribution in [0.1, 0.15) is 27.7 Å². The van der Waals surface area contributed by atoms with Gasteiger partial charge in [-0.25, -0.2) is 0 Å². The van der Waals surface area contributed by atoms with Gasteiger partial charge in [0.1, 0.15) is 0 Å². The zero-order chi connectivity index (χ0) is 12.7. The maximum absolute atomic E-state index is 10.5. The van der Waals surface area contributed by atoms with Crippen molar-refractivity contribution in [2.75, 3.05) is 0 Å².